The molecular weight excluding hydrogens is 278 g/mol. The van der Waals surface area contributed by atoms with Crippen LogP contribution in [0.5, 0.6) is 0 Å². The van der Waals surface area contributed by atoms with E-state index in [1.54, 1.807) is 12.1 Å². The normalized spacial score (nSPS) is 22.4. The first-order valence-corrected chi connectivity index (χ1v) is 8.19. The minimum atomic E-state index is -3.53. The number of anilines is 1. The van der Waals surface area contributed by atoms with Crippen molar-refractivity contribution >= 4 is 21.6 Å². The number of nitrogens with one attached hydrogen (secondary N) is 3. The zero-order valence-electron chi connectivity index (χ0n) is 11.0. The van der Waals surface area contributed by atoms with E-state index in [0.29, 0.717) is 12.2 Å². The van der Waals surface area contributed by atoms with Crippen molar-refractivity contribution in [2.45, 2.75) is 30.2 Å². The van der Waals surface area contributed by atoms with Crippen molar-refractivity contribution in [3.63, 3.8) is 0 Å². The minimum Gasteiger partial charge on any atom is -0.326 e. The molecule has 108 valence electrons. The number of carbonyl (C=O) groups is 1. The topological polar surface area (TPSA) is 87.3 Å². The molecular formula is C13H17N3O3S. The van der Waals surface area contributed by atoms with E-state index in [1.807, 2.05) is 0 Å². The molecule has 0 radical (unpaired) electrons. The molecule has 0 spiro atoms. The van der Waals surface area contributed by atoms with Crippen molar-refractivity contribution < 1.29 is 13.2 Å². The van der Waals surface area contributed by atoms with E-state index in [-0.39, 0.29) is 23.3 Å². The second-order valence-electron chi connectivity index (χ2n) is 5.21. The lowest BCUT2D eigenvalue weighted by Gasteiger charge is -2.23. The second-order valence-corrected chi connectivity index (χ2v) is 6.92. The van der Waals surface area contributed by atoms with Gasteiger partial charge in [0.15, 0.2) is 0 Å². The summed E-state index contributed by atoms with van der Waals surface area (Å²) in [5, 5.41) is 5.87. The summed E-state index contributed by atoms with van der Waals surface area (Å²) in [6.45, 7) is 1.59. The highest BCUT2D eigenvalue weighted by Crippen LogP contribution is 2.25. The van der Waals surface area contributed by atoms with Crippen LogP contribution in [0.3, 0.4) is 0 Å². The van der Waals surface area contributed by atoms with Crippen molar-refractivity contribution in [1.82, 2.24) is 10.0 Å². The smallest absolute Gasteiger partial charge is 0.240 e. The van der Waals surface area contributed by atoms with Crippen molar-refractivity contribution in [1.29, 1.82) is 0 Å². The quantitative estimate of drug-likeness (QED) is 0.744. The Balaban J connectivity index is 1.81. The molecule has 0 unspecified atom stereocenters. The zero-order chi connectivity index (χ0) is 14.2. The lowest BCUT2D eigenvalue weighted by molar-refractivity contribution is -0.115. The molecule has 7 heteroatoms. The largest absolute Gasteiger partial charge is 0.326 e. The molecule has 1 aromatic rings. The van der Waals surface area contributed by atoms with Crippen LogP contribution in [0.4, 0.5) is 5.69 Å². The fourth-order valence-electron chi connectivity index (χ4n) is 2.61. The van der Waals surface area contributed by atoms with Gasteiger partial charge in [0.05, 0.1) is 11.3 Å². The lowest BCUT2D eigenvalue weighted by Crippen LogP contribution is -2.45. The Bertz CT molecular complexity index is 636. The Hall–Kier alpha value is -1.44. The average Bonchev–Trinajstić information content (AvgIpc) is 2.78. The molecule has 1 fully saturated rings. The lowest BCUT2D eigenvalue weighted by atomic mass is 10.1. The van der Waals surface area contributed by atoms with Gasteiger partial charge in [-0.2, -0.15) is 0 Å². The summed E-state index contributed by atoms with van der Waals surface area (Å²) >= 11 is 0. The van der Waals surface area contributed by atoms with Gasteiger partial charge in [-0.15, -0.1) is 0 Å². The molecule has 2 aliphatic rings. The van der Waals surface area contributed by atoms with Gasteiger partial charge in [-0.1, -0.05) is 0 Å². The summed E-state index contributed by atoms with van der Waals surface area (Å²) in [6, 6.07) is 4.68. The molecule has 1 atom stereocenters. The van der Waals surface area contributed by atoms with Crippen LogP contribution in [0.2, 0.25) is 0 Å². The minimum absolute atomic E-state index is 0.0678. The number of hydrogen-bond donors (Lipinski definition) is 3. The van der Waals surface area contributed by atoms with Crippen LogP contribution in [-0.4, -0.2) is 33.5 Å². The van der Waals surface area contributed by atoms with Gasteiger partial charge in [-0.3, -0.25) is 4.79 Å². The summed E-state index contributed by atoms with van der Waals surface area (Å²) in [5.74, 6) is -0.0982. The number of hydrogen-bond acceptors (Lipinski definition) is 4. The van der Waals surface area contributed by atoms with Crippen LogP contribution >= 0.6 is 0 Å². The summed E-state index contributed by atoms with van der Waals surface area (Å²) in [4.78, 5) is 11.5. The van der Waals surface area contributed by atoms with Crippen LogP contribution in [0.25, 0.3) is 0 Å². The van der Waals surface area contributed by atoms with E-state index in [9.17, 15) is 13.2 Å². The van der Waals surface area contributed by atoms with E-state index in [1.165, 1.54) is 6.07 Å². The molecule has 3 rings (SSSR count). The number of sulfonamides is 1. The third-order valence-electron chi connectivity index (χ3n) is 3.63. The monoisotopic (exact) mass is 295 g/mol. The second kappa shape index (κ2) is 5.16. The highest BCUT2D eigenvalue weighted by Gasteiger charge is 2.24. The summed E-state index contributed by atoms with van der Waals surface area (Å²) in [7, 11) is -3.53. The van der Waals surface area contributed by atoms with Crippen LogP contribution in [0.1, 0.15) is 18.4 Å². The maximum Gasteiger partial charge on any atom is 0.240 e. The predicted molar refractivity (Wildman–Crippen MR) is 75.0 cm³/mol. The molecule has 0 aliphatic carbocycles. The standard InChI is InChI=1S/C13H17N3O3S/c17-13-7-9-6-11(3-4-12(9)15-13)20(18,19)16-10-2-1-5-14-8-10/h3-4,6,10,14,16H,1-2,5,7-8H2,(H,15,17)/t10-/m1/s1. The first-order chi connectivity index (χ1) is 9.54. The maximum atomic E-state index is 12.3. The third-order valence-corrected chi connectivity index (χ3v) is 5.15. The molecule has 6 nitrogen and oxygen atoms in total. The number of fused-ring (bicyclic) bond motifs is 1. The van der Waals surface area contributed by atoms with Crippen molar-refractivity contribution in [2.75, 3.05) is 18.4 Å². The highest BCUT2D eigenvalue weighted by atomic mass is 32.2. The molecule has 20 heavy (non-hydrogen) atoms. The molecule has 0 aromatic heterocycles. The Kier molecular flexibility index (Phi) is 3.49. The van der Waals surface area contributed by atoms with Gasteiger partial charge in [0.25, 0.3) is 0 Å². The van der Waals surface area contributed by atoms with Gasteiger partial charge in [-0.25, -0.2) is 13.1 Å². The molecule has 3 N–H and O–H groups in total. The van der Waals surface area contributed by atoms with Crippen molar-refractivity contribution in [3.8, 4) is 0 Å². The van der Waals surface area contributed by atoms with Gasteiger partial charge >= 0.3 is 0 Å². The highest BCUT2D eigenvalue weighted by molar-refractivity contribution is 7.89. The third kappa shape index (κ3) is 2.70. The van der Waals surface area contributed by atoms with E-state index in [4.69, 9.17) is 0 Å². The number of amides is 1. The van der Waals surface area contributed by atoms with Gasteiger partial charge in [0.1, 0.15) is 0 Å². The number of piperidine rings is 1. The number of carbonyl (C=O) groups excluding carboxylic acids is 1. The van der Waals surface area contributed by atoms with E-state index < -0.39 is 10.0 Å². The molecule has 2 aliphatic heterocycles. The summed E-state index contributed by atoms with van der Waals surface area (Å²) < 4.78 is 27.4. The maximum absolute atomic E-state index is 12.3. The van der Waals surface area contributed by atoms with Crippen molar-refractivity contribution in [2.24, 2.45) is 0 Å². The fourth-order valence-corrected chi connectivity index (χ4v) is 3.93. The van der Waals surface area contributed by atoms with E-state index in [2.05, 4.69) is 15.4 Å². The molecule has 2 heterocycles. The van der Waals surface area contributed by atoms with Crippen LogP contribution in [-0.2, 0) is 21.2 Å². The summed E-state index contributed by atoms with van der Waals surface area (Å²) in [6.07, 6.45) is 2.05. The van der Waals surface area contributed by atoms with Crippen molar-refractivity contribution in [3.05, 3.63) is 23.8 Å². The predicted octanol–water partition coefficient (Wildman–Crippen LogP) is 0.211. The van der Waals surface area contributed by atoms with Gasteiger partial charge in [0, 0.05) is 18.3 Å². The van der Waals surface area contributed by atoms with Gasteiger partial charge in [0.2, 0.25) is 15.9 Å². The molecule has 1 amide bonds. The van der Waals surface area contributed by atoms with Crippen LogP contribution in [0.15, 0.2) is 23.1 Å². The summed E-state index contributed by atoms with van der Waals surface area (Å²) in [5.41, 5.74) is 1.44. The van der Waals surface area contributed by atoms with Gasteiger partial charge < -0.3 is 10.6 Å². The average molecular weight is 295 g/mol. The van der Waals surface area contributed by atoms with Crippen LogP contribution < -0.4 is 15.4 Å². The SMILES string of the molecule is O=C1Cc2cc(S(=O)(=O)N[C@@H]3CCCNC3)ccc2N1. The number of rotatable bonds is 3. The Morgan fingerprint density at radius 1 is 1.30 bits per heavy atom. The molecule has 0 bridgehead atoms. The van der Waals surface area contributed by atoms with E-state index >= 15 is 0 Å². The number of benzene rings is 1. The molecule has 1 aromatic carbocycles. The first-order valence-electron chi connectivity index (χ1n) is 6.70. The van der Waals surface area contributed by atoms with E-state index in [0.717, 1.165) is 24.9 Å². The van der Waals surface area contributed by atoms with Crippen LogP contribution in [0, 0.1) is 0 Å². The van der Waals surface area contributed by atoms with Gasteiger partial charge in [-0.05, 0) is 43.1 Å². The Morgan fingerprint density at radius 2 is 2.15 bits per heavy atom. The first kappa shape index (κ1) is 13.5. The Morgan fingerprint density at radius 3 is 2.90 bits per heavy atom. The fraction of sp³-hybridized carbons (Fsp3) is 0.462. The zero-order valence-corrected chi connectivity index (χ0v) is 11.8. The molecule has 0 saturated carbocycles. The molecule has 1 saturated heterocycles. The Labute approximate surface area is 118 Å².